The number of phenolic OH excluding ortho intramolecular Hbond substituents is 1. The third-order valence-electron chi connectivity index (χ3n) is 2.25. The lowest BCUT2D eigenvalue weighted by molar-refractivity contribution is -0.115. The van der Waals surface area contributed by atoms with Crippen molar-refractivity contribution in [2.45, 2.75) is 6.42 Å². The molecule has 0 aliphatic heterocycles. The minimum absolute atomic E-state index is 0.0818. The van der Waals surface area contributed by atoms with Crippen LogP contribution in [0.3, 0.4) is 0 Å². The number of phenols is 1. The van der Waals surface area contributed by atoms with Crippen LogP contribution in [0.25, 0.3) is 0 Å². The fraction of sp³-hybridized carbons (Fsp3) is 0.0833. The van der Waals surface area contributed by atoms with Gasteiger partial charge in [-0.15, -0.1) is 0 Å². The molecule has 4 N–H and O–H groups in total. The number of benzene rings is 1. The number of nitrogen functional groups attached to an aromatic ring is 1. The van der Waals surface area contributed by atoms with Crippen LogP contribution in [0.4, 0.5) is 11.4 Å². The summed E-state index contributed by atoms with van der Waals surface area (Å²) in [6.07, 6.45) is 0.323. The van der Waals surface area contributed by atoms with E-state index in [9.17, 15) is 9.90 Å². The summed E-state index contributed by atoms with van der Waals surface area (Å²) >= 11 is 1.56. The molecule has 2 rings (SSSR count). The van der Waals surface area contributed by atoms with Gasteiger partial charge in [-0.3, -0.25) is 4.79 Å². The van der Waals surface area contributed by atoms with Crippen molar-refractivity contribution in [2.24, 2.45) is 0 Å². The van der Waals surface area contributed by atoms with E-state index in [0.717, 1.165) is 5.56 Å². The lowest BCUT2D eigenvalue weighted by Gasteiger charge is -2.07. The molecule has 1 amide bonds. The van der Waals surface area contributed by atoms with Gasteiger partial charge in [0.25, 0.3) is 0 Å². The van der Waals surface area contributed by atoms with E-state index >= 15 is 0 Å². The van der Waals surface area contributed by atoms with Crippen LogP contribution in [0.2, 0.25) is 0 Å². The van der Waals surface area contributed by atoms with Crippen LogP contribution in [0.1, 0.15) is 5.56 Å². The predicted molar refractivity (Wildman–Crippen MR) is 69.2 cm³/mol. The summed E-state index contributed by atoms with van der Waals surface area (Å²) in [6.45, 7) is 0. The number of nitrogens with one attached hydrogen (secondary N) is 1. The molecule has 1 heterocycles. The van der Waals surface area contributed by atoms with Gasteiger partial charge in [0.15, 0.2) is 0 Å². The standard InChI is InChI=1S/C12H12N2O2S/c13-10-6-9(15)1-2-11(10)14-12(16)5-8-3-4-17-7-8/h1-4,6-7,15H,5,13H2,(H,14,16). The molecule has 0 spiro atoms. The molecular weight excluding hydrogens is 236 g/mol. The zero-order chi connectivity index (χ0) is 12.3. The number of amides is 1. The second-order valence-corrected chi connectivity index (χ2v) is 4.41. The second kappa shape index (κ2) is 4.88. The molecule has 0 unspecified atom stereocenters. The smallest absolute Gasteiger partial charge is 0.228 e. The number of hydrogen-bond acceptors (Lipinski definition) is 4. The molecule has 88 valence electrons. The summed E-state index contributed by atoms with van der Waals surface area (Å²) in [5.74, 6) is -0.0425. The van der Waals surface area contributed by atoms with E-state index in [1.54, 1.807) is 17.4 Å². The second-order valence-electron chi connectivity index (χ2n) is 3.63. The van der Waals surface area contributed by atoms with Crippen LogP contribution in [-0.4, -0.2) is 11.0 Å². The molecule has 0 radical (unpaired) electrons. The van der Waals surface area contributed by atoms with E-state index < -0.39 is 0 Å². The molecule has 0 aliphatic carbocycles. The van der Waals surface area contributed by atoms with Gasteiger partial charge in [-0.1, -0.05) is 0 Å². The highest BCUT2D eigenvalue weighted by atomic mass is 32.1. The Kier molecular flexibility index (Phi) is 3.30. The first kappa shape index (κ1) is 11.5. The number of anilines is 2. The topological polar surface area (TPSA) is 75.3 Å². The number of thiophene rings is 1. The van der Waals surface area contributed by atoms with Crippen LogP contribution in [0.5, 0.6) is 5.75 Å². The summed E-state index contributed by atoms with van der Waals surface area (Å²) in [7, 11) is 0. The molecule has 0 saturated heterocycles. The maximum absolute atomic E-state index is 11.7. The van der Waals surface area contributed by atoms with E-state index in [0.29, 0.717) is 17.8 Å². The molecule has 0 fully saturated rings. The van der Waals surface area contributed by atoms with Gasteiger partial charge in [0.05, 0.1) is 17.8 Å². The molecule has 2 aromatic rings. The highest BCUT2D eigenvalue weighted by Crippen LogP contribution is 2.23. The summed E-state index contributed by atoms with van der Waals surface area (Å²) < 4.78 is 0. The zero-order valence-electron chi connectivity index (χ0n) is 9.01. The van der Waals surface area contributed by atoms with E-state index in [1.807, 2.05) is 16.8 Å². The first-order valence-corrected chi connectivity index (χ1v) is 5.99. The number of carbonyl (C=O) groups excluding carboxylic acids is 1. The van der Waals surface area contributed by atoms with Crippen molar-refractivity contribution in [1.82, 2.24) is 0 Å². The number of carbonyl (C=O) groups is 1. The van der Waals surface area contributed by atoms with Gasteiger partial charge in [-0.25, -0.2) is 0 Å². The Labute approximate surface area is 103 Å². The number of hydrogen-bond donors (Lipinski definition) is 3. The van der Waals surface area contributed by atoms with Gasteiger partial charge in [0, 0.05) is 6.07 Å². The van der Waals surface area contributed by atoms with Crippen molar-refractivity contribution in [3.05, 3.63) is 40.6 Å². The van der Waals surface area contributed by atoms with Gasteiger partial charge in [0.2, 0.25) is 5.91 Å². The van der Waals surface area contributed by atoms with Gasteiger partial charge in [0.1, 0.15) is 5.75 Å². The molecule has 5 heteroatoms. The van der Waals surface area contributed by atoms with Crippen molar-refractivity contribution in [1.29, 1.82) is 0 Å². The molecule has 17 heavy (non-hydrogen) atoms. The highest BCUT2D eigenvalue weighted by Gasteiger charge is 2.07. The van der Waals surface area contributed by atoms with E-state index in [1.165, 1.54) is 12.1 Å². The molecular formula is C12H12N2O2S. The molecule has 1 aromatic heterocycles. The van der Waals surface area contributed by atoms with Crippen LogP contribution >= 0.6 is 11.3 Å². The Morgan fingerprint density at radius 3 is 2.88 bits per heavy atom. The lowest BCUT2D eigenvalue weighted by Crippen LogP contribution is -2.15. The SMILES string of the molecule is Nc1cc(O)ccc1NC(=O)Cc1ccsc1. The summed E-state index contributed by atoms with van der Waals surface area (Å²) in [6, 6.07) is 6.37. The Morgan fingerprint density at radius 2 is 2.24 bits per heavy atom. The zero-order valence-corrected chi connectivity index (χ0v) is 9.83. The third kappa shape index (κ3) is 2.98. The summed E-state index contributed by atoms with van der Waals surface area (Å²) in [4.78, 5) is 11.7. The summed E-state index contributed by atoms with van der Waals surface area (Å²) in [5.41, 5.74) is 7.51. The largest absolute Gasteiger partial charge is 0.508 e. The van der Waals surface area contributed by atoms with Crippen LogP contribution < -0.4 is 11.1 Å². The third-order valence-corrected chi connectivity index (χ3v) is 2.99. The van der Waals surface area contributed by atoms with Crippen molar-refractivity contribution < 1.29 is 9.90 Å². The fourth-order valence-corrected chi connectivity index (χ4v) is 2.11. The quantitative estimate of drug-likeness (QED) is 0.576. The molecule has 1 aromatic carbocycles. The Hall–Kier alpha value is -2.01. The fourth-order valence-electron chi connectivity index (χ4n) is 1.44. The van der Waals surface area contributed by atoms with E-state index in [-0.39, 0.29) is 11.7 Å². The minimum atomic E-state index is -0.124. The molecule has 0 atom stereocenters. The first-order chi connectivity index (χ1) is 8.15. The summed E-state index contributed by atoms with van der Waals surface area (Å²) in [5, 5.41) is 15.8. The van der Waals surface area contributed by atoms with Crippen molar-refractivity contribution in [3.8, 4) is 5.75 Å². The number of aromatic hydroxyl groups is 1. The molecule has 0 saturated carbocycles. The number of nitrogens with two attached hydrogens (primary N) is 1. The maximum Gasteiger partial charge on any atom is 0.228 e. The van der Waals surface area contributed by atoms with E-state index in [2.05, 4.69) is 5.32 Å². The normalized spacial score (nSPS) is 10.1. The van der Waals surface area contributed by atoms with Crippen molar-refractivity contribution >= 4 is 28.6 Å². The van der Waals surface area contributed by atoms with Gasteiger partial charge in [-0.2, -0.15) is 11.3 Å². The van der Waals surface area contributed by atoms with Gasteiger partial charge in [-0.05, 0) is 34.5 Å². The predicted octanol–water partition coefficient (Wildman–Crippen LogP) is 2.22. The minimum Gasteiger partial charge on any atom is -0.508 e. The highest BCUT2D eigenvalue weighted by molar-refractivity contribution is 7.08. The Balaban J connectivity index is 2.03. The van der Waals surface area contributed by atoms with E-state index in [4.69, 9.17) is 5.73 Å². The molecule has 0 bridgehead atoms. The monoisotopic (exact) mass is 248 g/mol. The van der Waals surface area contributed by atoms with Crippen molar-refractivity contribution in [2.75, 3.05) is 11.1 Å². The van der Waals surface area contributed by atoms with Gasteiger partial charge < -0.3 is 16.2 Å². The Bertz CT molecular complexity index is 523. The lowest BCUT2D eigenvalue weighted by atomic mass is 10.2. The van der Waals surface area contributed by atoms with Crippen LogP contribution in [-0.2, 0) is 11.2 Å². The first-order valence-electron chi connectivity index (χ1n) is 5.04. The maximum atomic E-state index is 11.7. The Morgan fingerprint density at radius 1 is 1.41 bits per heavy atom. The average molecular weight is 248 g/mol. The molecule has 4 nitrogen and oxygen atoms in total. The van der Waals surface area contributed by atoms with Crippen LogP contribution in [0, 0.1) is 0 Å². The van der Waals surface area contributed by atoms with Crippen LogP contribution in [0.15, 0.2) is 35.0 Å². The number of rotatable bonds is 3. The molecule has 0 aliphatic rings. The average Bonchev–Trinajstić information content (AvgIpc) is 2.75. The van der Waals surface area contributed by atoms with Gasteiger partial charge >= 0.3 is 0 Å². The van der Waals surface area contributed by atoms with Crippen molar-refractivity contribution in [3.63, 3.8) is 0 Å².